The Morgan fingerprint density at radius 1 is 1.37 bits per heavy atom. The molecule has 2 rings (SSSR count). The lowest BCUT2D eigenvalue weighted by Crippen LogP contribution is -2.13. The first-order valence-electron chi connectivity index (χ1n) is 5.88. The molecule has 0 aliphatic rings. The lowest BCUT2D eigenvalue weighted by molar-refractivity contribution is 0.335. The number of nitrogens with two attached hydrogens (primary N) is 1. The lowest BCUT2D eigenvalue weighted by Gasteiger charge is -2.08. The van der Waals surface area contributed by atoms with Gasteiger partial charge in [-0.3, -0.25) is 0 Å². The number of nitrogens with zero attached hydrogens (tertiary/aromatic N) is 3. The zero-order chi connectivity index (χ0) is 14.0. The van der Waals surface area contributed by atoms with Gasteiger partial charge in [-0.05, 0) is 18.4 Å². The van der Waals surface area contributed by atoms with E-state index in [1.54, 1.807) is 6.07 Å². The molecule has 0 saturated carbocycles. The first-order valence-corrected chi connectivity index (χ1v) is 6.63. The number of halogens is 2. The first-order chi connectivity index (χ1) is 8.97. The molecule has 0 aromatic carbocycles. The molecule has 0 saturated heterocycles. The first kappa shape index (κ1) is 14.2. The van der Waals surface area contributed by atoms with E-state index in [-0.39, 0.29) is 6.04 Å². The van der Waals surface area contributed by atoms with E-state index in [1.807, 2.05) is 0 Å². The Balaban J connectivity index is 2.25. The highest BCUT2D eigenvalue weighted by Crippen LogP contribution is 2.27. The van der Waals surface area contributed by atoms with Gasteiger partial charge in [0.1, 0.15) is 5.69 Å². The molecule has 102 valence electrons. The maximum atomic E-state index is 6.04. The zero-order valence-electron chi connectivity index (χ0n) is 10.6. The summed E-state index contributed by atoms with van der Waals surface area (Å²) in [5, 5.41) is 4.67. The standard InChI is InChI=1S/C12H14Cl2N4O/c1-6(2)3-9(15)12-17-11(18-19-12)10-8(14)4-7(13)5-16-10/h4-6,9H,3,15H2,1-2H3/t9-/m1/s1. The molecule has 2 N–H and O–H groups in total. The van der Waals surface area contributed by atoms with E-state index in [1.165, 1.54) is 6.20 Å². The predicted octanol–water partition coefficient (Wildman–Crippen LogP) is 3.48. The van der Waals surface area contributed by atoms with E-state index in [0.717, 1.165) is 6.42 Å². The van der Waals surface area contributed by atoms with Crippen molar-refractivity contribution >= 4 is 23.2 Å². The van der Waals surface area contributed by atoms with E-state index in [4.69, 9.17) is 33.5 Å². The number of hydrogen-bond donors (Lipinski definition) is 1. The van der Waals surface area contributed by atoms with Crippen molar-refractivity contribution in [3.63, 3.8) is 0 Å². The maximum absolute atomic E-state index is 6.04. The molecule has 0 fully saturated rings. The number of hydrogen-bond acceptors (Lipinski definition) is 5. The molecule has 7 heteroatoms. The minimum Gasteiger partial charge on any atom is -0.337 e. The van der Waals surface area contributed by atoms with Crippen LogP contribution in [-0.2, 0) is 0 Å². The van der Waals surface area contributed by atoms with Gasteiger partial charge in [0.05, 0.1) is 16.1 Å². The molecular weight excluding hydrogens is 287 g/mol. The summed E-state index contributed by atoms with van der Waals surface area (Å²) < 4.78 is 5.15. The Hall–Kier alpha value is -1.17. The van der Waals surface area contributed by atoms with Crippen LogP contribution in [0.4, 0.5) is 0 Å². The molecule has 0 unspecified atom stereocenters. The van der Waals surface area contributed by atoms with E-state index in [0.29, 0.717) is 33.4 Å². The van der Waals surface area contributed by atoms with Crippen molar-refractivity contribution in [3.8, 4) is 11.5 Å². The predicted molar refractivity (Wildman–Crippen MR) is 73.9 cm³/mol. The van der Waals surface area contributed by atoms with Gasteiger partial charge in [0, 0.05) is 6.20 Å². The third-order valence-electron chi connectivity index (χ3n) is 2.50. The van der Waals surface area contributed by atoms with Crippen LogP contribution in [0.15, 0.2) is 16.8 Å². The van der Waals surface area contributed by atoms with E-state index < -0.39 is 0 Å². The summed E-state index contributed by atoms with van der Waals surface area (Å²) in [4.78, 5) is 8.32. The number of pyridine rings is 1. The van der Waals surface area contributed by atoms with Gasteiger partial charge in [0.2, 0.25) is 11.7 Å². The third-order valence-corrected chi connectivity index (χ3v) is 3.00. The summed E-state index contributed by atoms with van der Waals surface area (Å²) in [6.45, 7) is 4.16. The van der Waals surface area contributed by atoms with Gasteiger partial charge in [-0.15, -0.1) is 0 Å². The Kier molecular flexibility index (Phi) is 4.39. The van der Waals surface area contributed by atoms with Crippen molar-refractivity contribution in [2.75, 3.05) is 0 Å². The van der Waals surface area contributed by atoms with E-state index in [9.17, 15) is 0 Å². The van der Waals surface area contributed by atoms with Crippen LogP contribution in [0.5, 0.6) is 0 Å². The molecule has 1 atom stereocenters. The average Bonchev–Trinajstić information content (AvgIpc) is 2.77. The van der Waals surface area contributed by atoms with Crippen LogP contribution in [0.1, 0.15) is 32.2 Å². The second kappa shape index (κ2) is 5.86. The largest absolute Gasteiger partial charge is 0.337 e. The van der Waals surface area contributed by atoms with Crippen molar-refractivity contribution < 1.29 is 4.52 Å². The van der Waals surface area contributed by atoms with Crippen LogP contribution in [0.25, 0.3) is 11.5 Å². The highest BCUT2D eigenvalue weighted by atomic mass is 35.5. The van der Waals surface area contributed by atoms with Gasteiger partial charge < -0.3 is 10.3 Å². The van der Waals surface area contributed by atoms with Gasteiger partial charge in [-0.1, -0.05) is 42.2 Å². The highest BCUT2D eigenvalue weighted by Gasteiger charge is 2.19. The van der Waals surface area contributed by atoms with Crippen molar-refractivity contribution in [3.05, 3.63) is 28.2 Å². The summed E-state index contributed by atoms with van der Waals surface area (Å²) in [5.41, 5.74) is 6.41. The van der Waals surface area contributed by atoms with Crippen LogP contribution in [0, 0.1) is 5.92 Å². The van der Waals surface area contributed by atoms with Crippen molar-refractivity contribution in [2.45, 2.75) is 26.3 Å². The van der Waals surface area contributed by atoms with Gasteiger partial charge >= 0.3 is 0 Å². The van der Waals surface area contributed by atoms with Gasteiger partial charge in [-0.25, -0.2) is 4.98 Å². The minimum atomic E-state index is -0.285. The highest BCUT2D eigenvalue weighted by molar-refractivity contribution is 6.35. The molecule has 0 aliphatic carbocycles. The molecule has 2 heterocycles. The topological polar surface area (TPSA) is 77.8 Å². The fraction of sp³-hybridized carbons (Fsp3) is 0.417. The van der Waals surface area contributed by atoms with Crippen molar-refractivity contribution in [2.24, 2.45) is 11.7 Å². The van der Waals surface area contributed by atoms with E-state index >= 15 is 0 Å². The fourth-order valence-electron chi connectivity index (χ4n) is 1.67. The molecule has 0 radical (unpaired) electrons. The SMILES string of the molecule is CC(C)C[C@@H](N)c1nc(-c2ncc(Cl)cc2Cl)no1. The molecule has 0 bridgehead atoms. The lowest BCUT2D eigenvalue weighted by atomic mass is 10.0. The third kappa shape index (κ3) is 3.43. The second-order valence-corrected chi connectivity index (χ2v) is 5.52. The minimum absolute atomic E-state index is 0.285. The summed E-state index contributed by atoms with van der Waals surface area (Å²) in [6.07, 6.45) is 2.25. The molecule has 0 amide bonds. The molecular formula is C12H14Cl2N4O. The number of rotatable bonds is 4. The fourth-order valence-corrected chi connectivity index (χ4v) is 2.13. The smallest absolute Gasteiger partial charge is 0.243 e. The molecule has 0 aliphatic heterocycles. The van der Waals surface area contributed by atoms with E-state index in [2.05, 4.69) is 29.0 Å². The van der Waals surface area contributed by atoms with Gasteiger partial charge in [0.15, 0.2) is 0 Å². The average molecular weight is 301 g/mol. The van der Waals surface area contributed by atoms with Crippen molar-refractivity contribution in [1.29, 1.82) is 0 Å². The summed E-state index contributed by atoms with van der Waals surface area (Å²) in [6, 6.07) is 1.29. The Morgan fingerprint density at radius 2 is 2.11 bits per heavy atom. The molecule has 0 spiro atoms. The van der Waals surface area contributed by atoms with Crippen LogP contribution >= 0.6 is 23.2 Å². The summed E-state index contributed by atoms with van der Waals surface area (Å²) >= 11 is 11.8. The van der Waals surface area contributed by atoms with Gasteiger partial charge in [-0.2, -0.15) is 4.98 Å². The zero-order valence-corrected chi connectivity index (χ0v) is 12.1. The van der Waals surface area contributed by atoms with Crippen LogP contribution in [0.2, 0.25) is 10.0 Å². The maximum Gasteiger partial charge on any atom is 0.243 e. The van der Waals surface area contributed by atoms with Crippen LogP contribution < -0.4 is 5.73 Å². The molecule has 2 aromatic heterocycles. The Morgan fingerprint density at radius 3 is 2.74 bits per heavy atom. The van der Waals surface area contributed by atoms with Gasteiger partial charge in [0.25, 0.3) is 0 Å². The summed E-state index contributed by atoms with van der Waals surface area (Å²) in [5.74, 6) is 1.15. The summed E-state index contributed by atoms with van der Waals surface area (Å²) in [7, 11) is 0. The Bertz CT molecular complexity index is 571. The second-order valence-electron chi connectivity index (χ2n) is 4.68. The molecule has 2 aromatic rings. The molecule has 19 heavy (non-hydrogen) atoms. The monoisotopic (exact) mass is 300 g/mol. The van der Waals surface area contributed by atoms with Crippen LogP contribution in [-0.4, -0.2) is 15.1 Å². The normalized spacial score (nSPS) is 12.9. The molecule has 5 nitrogen and oxygen atoms in total. The Labute approximate surface area is 121 Å². The number of aromatic nitrogens is 3. The quantitative estimate of drug-likeness (QED) is 0.935. The van der Waals surface area contributed by atoms with Crippen molar-refractivity contribution in [1.82, 2.24) is 15.1 Å². The van der Waals surface area contributed by atoms with Crippen LogP contribution in [0.3, 0.4) is 0 Å².